The first kappa shape index (κ1) is 20.5. The second-order valence-electron chi connectivity index (χ2n) is 7.64. The summed E-state index contributed by atoms with van der Waals surface area (Å²) in [4.78, 5) is 31.9. The number of nitrogens with zero attached hydrogens (tertiary/aromatic N) is 6. The molecule has 1 fully saturated rings. The molecule has 0 spiro atoms. The summed E-state index contributed by atoms with van der Waals surface area (Å²) in [5.74, 6) is -0.276. The highest BCUT2D eigenvalue weighted by Crippen LogP contribution is 2.27. The van der Waals surface area contributed by atoms with Gasteiger partial charge in [-0.05, 0) is 43.0 Å². The van der Waals surface area contributed by atoms with E-state index in [9.17, 15) is 14.9 Å². The Labute approximate surface area is 180 Å². The zero-order valence-corrected chi connectivity index (χ0v) is 17.3. The van der Waals surface area contributed by atoms with Crippen LogP contribution in [-0.4, -0.2) is 50.6 Å². The molecule has 2 heterocycles. The van der Waals surface area contributed by atoms with Crippen molar-refractivity contribution < 1.29 is 9.72 Å². The van der Waals surface area contributed by atoms with Crippen LogP contribution < -0.4 is 4.90 Å². The Bertz CT molecular complexity index is 1080. The van der Waals surface area contributed by atoms with E-state index < -0.39 is 4.92 Å². The van der Waals surface area contributed by atoms with E-state index in [2.05, 4.69) is 21.0 Å². The van der Waals surface area contributed by atoms with Crippen LogP contribution in [0.5, 0.6) is 0 Å². The first-order chi connectivity index (χ1) is 15.0. The molecule has 160 valence electrons. The summed E-state index contributed by atoms with van der Waals surface area (Å²) < 4.78 is 1.31. The zero-order chi connectivity index (χ0) is 21.8. The van der Waals surface area contributed by atoms with Crippen LogP contribution in [0.4, 0.5) is 11.4 Å². The number of hydrogen-bond acceptors (Lipinski definition) is 6. The van der Waals surface area contributed by atoms with Gasteiger partial charge in [-0.15, -0.1) is 0 Å². The van der Waals surface area contributed by atoms with Gasteiger partial charge in [-0.2, -0.15) is 5.10 Å². The van der Waals surface area contributed by atoms with E-state index in [0.717, 1.165) is 24.3 Å². The molecule has 1 saturated heterocycles. The summed E-state index contributed by atoms with van der Waals surface area (Å²) in [7, 11) is 1.71. The molecule has 0 N–H and O–H groups in total. The van der Waals surface area contributed by atoms with E-state index in [1.54, 1.807) is 18.0 Å². The predicted octanol–water partition coefficient (Wildman–Crippen LogP) is 3.44. The lowest BCUT2D eigenvalue weighted by atomic mass is 10.1. The third-order valence-corrected chi connectivity index (χ3v) is 5.53. The Balaban J connectivity index is 1.57. The monoisotopic (exact) mass is 420 g/mol. The largest absolute Gasteiger partial charge is 0.371 e. The molecule has 1 aliphatic heterocycles. The molecule has 0 bridgehead atoms. The average Bonchev–Trinajstić information content (AvgIpc) is 3.34. The smallest absolute Gasteiger partial charge is 0.295 e. The number of anilines is 1. The number of carbonyl (C=O) groups excluding carboxylic acids is 1. The van der Waals surface area contributed by atoms with E-state index in [1.165, 1.54) is 48.7 Å². The number of nitro benzene ring substituents is 1. The van der Waals surface area contributed by atoms with Crippen LogP contribution in [0.25, 0.3) is 5.69 Å². The molecule has 0 aliphatic carbocycles. The Morgan fingerprint density at radius 1 is 1.13 bits per heavy atom. The molecule has 9 heteroatoms. The second-order valence-corrected chi connectivity index (χ2v) is 7.64. The number of benzene rings is 2. The standard InChI is InChI=1S/C22H24N6O3/c1-25(14-18-7-3-4-8-19(18)26-11-5-2-6-12-26)22(29)17-9-10-20(21(13-17)28(30)31)27-16-23-15-24-27/h3-4,7-10,13,15-16H,2,5-6,11-12,14H2,1H3. The Morgan fingerprint density at radius 2 is 1.90 bits per heavy atom. The van der Waals surface area contributed by atoms with Crippen molar-refractivity contribution in [2.75, 3.05) is 25.0 Å². The first-order valence-electron chi connectivity index (χ1n) is 10.3. The molecule has 9 nitrogen and oxygen atoms in total. The molecular formula is C22H24N6O3. The number of amides is 1. The highest BCUT2D eigenvalue weighted by Gasteiger charge is 2.22. The quantitative estimate of drug-likeness (QED) is 0.448. The average molecular weight is 420 g/mol. The molecule has 3 aromatic rings. The van der Waals surface area contributed by atoms with Crippen LogP contribution in [0.3, 0.4) is 0 Å². The van der Waals surface area contributed by atoms with Gasteiger partial charge in [0.2, 0.25) is 0 Å². The summed E-state index contributed by atoms with van der Waals surface area (Å²) in [6.07, 6.45) is 6.28. The van der Waals surface area contributed by atoms with E-state index in [-0.39, 0.29) is 22.8 Å². The highest BCUT2D eigenvalue weighted by atomic mass is 16.6. The van der Waals surface area contributed by atoms with E-state index >= 15 is 0 Å². The van der Waals surface area contributed by atoms with Gasteiger partial charge >= 0.3 is 0 Å². The molecule has 0 radical (unpaired) electrons. The van der Waals surface area contributed by atoms with Gasteiger partial charge in [0.1, 0.15) is 18.3 Å². The van der Waals surface area contributed by atoms with Crippen molar-refractivity contribution in [1.29, 1.82) is 0 Å². The normalized spacial score (nSPS) is 13.8. The number of carbonyl (C=O) groups is 1. The van der Waals surface area contributed by atoms with Gasteiger partial charge in [0.25, 0.3) is 11.6 Å². The molecule has 0 atom stereocenters. The SMILES string of the molecule is CN(Cc1ccccc1N1CCCCC1)C(=O)c1ccc(-n2cncn2)c([N+](=O)[O-])c1. The van der Waals surface area contributed by atoms with Gasteiger partial charge in [0, 0.05) is 44.0 Å². The minimum atomic E-state index is -0.514. The van der Waals surface area contributed by atoms with Crippen molar-refractivity contribution in [3.63, 3.8) is 0 Å². The summed E-state index contributed by atoms with van der Waals surface area (Å²) >= 11 is 0. The van der Waals surface area contributed by atoms with Crippen LogP contribution in [0, 0.1) is 10.1 Å². The van der Waals surface area contributed by atoms with Crippen LogP contribution in [0.1, 0.15) is 35.2 Å². The lowest BCUT2D eigenvalue weighted by Crippen LogP contribution is -2.32. The first-order valence-corrected chi connectivity index (χ1v) is 10.3. The summed E-state index contributed by atoms with van der Waals surface area (Å²) in [5, 5.41) is 15.5. The number of piperidine rings is 1. The zero-order valence-electron chi connectivity index (χ0n) is 17.3. The highest BCUT2D eigenvalue weighted by molar-refractivity contribution is 5.95. The van der Waals surface area contributed by atoms with Gasteiger partial charge in [-0.3, -0.25) is 14.9 Å². The van der Waals surface area contributed by atoms with Crippen LogP contribution in [0.15, 0.2) is 55.1 Å². The number of hydrogen-bond donors (Lipinski definition) is 0. The lowest BCUT2D eigenvalue weighted by Gasteiger charge is -2.31. The molecule has 1 amide bonds. The van der Waals surface area contributed by atoms with Crippen molar-refractivity contribution in [1.82, 2.24) is 19.7 Å². The van der Waals surface area contributed by atoms with Crippen molar-refractivity contribution in [3.05, 3.63) is 76.4 Å². The Hall–Kier alpha value is -3.75. The van der Waals surface area contributed by atoms with Gasteiger partial charge in [-0.25, -0.2) is 9.67 Å². The van der Waals surface area contributed by atoms with Crippen molar-refractivity contribution >= 4 is 17.3 Å². The Morgan fingerprint density at radius 3 is 2.61 bits per heavy atom. The number of aromatic nitrogens is 3. The molecule has 1 aromatic heterocycles. The third kappa shape index (κ3) is 4.40. The topological polar surface area (TPSA) is 97.4 Å². The fourth-order valence-electron chi connectivity index (χ4n) is 3.96. The molecule has 31 heavy (non-hydrogen) atoms. The fraction of sp³-hybridized carbons (Fsp3) is 0.318. The van der Waals surface area contributed by atoms with Crippen LogP contribution >= 0.6 is 0 Å². The van der Waals surface area contributed by atoms with Gasteiger partial charge in [0.05, 0.1) is 4.92 Å². The third-order valence-electron chi connectivity index (χ3n) is 5.53. The number of para-hydroxylation sites is 1. The maximum absolute atomic E-state index is 13.1. The van der Waals surface area contributed by atoms with Crippen molar-refractivity contribution in [3.8, 4) is 5.69 Å². The van der Waals surface area contributed by atoms with Gasteiger partial charge in [0.15, 0.2) is 0 Å². The molecule has 2 aromatic carbocycles. The minimum absolute atomic E-state index is 0.196. The summed E-state index contributed by atoms with van der Waals surface area (Å²) in [6.45, 7) is 2.46. The minimum Gasteiger partial charge on any atom is -0.371 e. The molecule has 0 saturated carbocycles. The Kier molecular flexibility index (Phi) is 5.92. The molecule has 1 aliphatic rings. The maximum atomic E-state index is 13.1. The fourth-order valence-corrected chi connectivity index (χ4v) is 3.96. The van der Waals surface area contributed by atoms with Gasteiger partial charge < -0.3 is 9.80 Å². The molecule has 0 unspecified atom stereocenters. The number of rotatable bonds is 6. The van der Waals surface area contributed by atoms with Gasteiger partial charge in [-0.1, -0.05) is 18.2 Å². The van der Waals surface area contributed by atoms with E-state index in [4.69, 9.17) is 0 Å². The molecule has 4 rings (SSSR count). The van der Waals surface area contributed by atoms with Crippen LogP contribution in [-0.2, 0) is 6.54 Å². The van der Waals surface area contributed by atoms with E-state index in [0.29, 0.717) is 6.54 Å². The van der Waals surface area contributed by atoms with Crippen molar-refractivity contribution in [2.45, 2.75) is 25.8 Å². The van der Waals surface area contributed by atoms with E-state index in [1.807, 2.05) is 18.2 Å². The summed E-state index contributed by atoms with van der Waals surface area (Å²) in [6, 6.07) is 12.5. The lowest BCUT2D eigenvalue weighted by molar-refractivity contribution is -0.384. The maximum Gasteiger partial charge on any atom is 0.295 e. The van der Waals surface area contributed by atoms with Crippen molar-refractivity contribution in [2.24, 2.45) is 0 Å². The predicted molar refractivity (Wildman–Crippen MR) is 116 cm³/mol. The summed E-state index contributed by atoms with van der Waals surface area (Å²) in [5.41, 5.74) is 2.53. The van der Waals surface area contributed by atoms with Crippen LogP contribution in [0.2, 0.25) is 0 Å². The number of nitro groups is 1. The second kappa shape index (κ2) is 8.95. The molecular weight excluding hydrogens is 396 g/mol.